The van der Waals surface area contributed by atoms with Crippen molar-refractivity contribution in [1.82, 2.24) is 10.2 Å². The SMILES string of the molecule is NC(=O)CN(CC(N)=O)C(=O)c1ccc2c(c1)CNC2. The van der Waals surface area contributed by atoms with Gasteiger partial charge in [0, 0.05) is 18.7 Å². The highest BCUT2D eigenvalue weighted by molar-refractivity contribution is 5.98. The second-order valence-electron chi connectivity index (χ2n) is 4.68. The molecule has 2 rings (SSSR count). The molecule has 1 aromatic rings. The van der Waals surface area contributed by atoms with Gasteiger partial charge in [0.05, 0.1) is 0 Å². The van der Waals surface area contributed by atoms with Crippen molar-refractivity contribution in [3.63, 3.8) is 0 Å². The highest BCUT2D eigenvalue weighted by atomic mass is 16.2. The van der Waals surface area contributed by atoms with Gasteiger partial charge in [-0.2, -0.15) is 0 Å². The lowest BCUT2D eigenvalue weighted by atomic mass is 10.1. The Kier molecular flexibility index (Phi) is 3.99. The van der Waals surface area contributed by atoms with Gasteiger partial charge in [-0.3, -0.25) is 14.4 Å². The Morgan fingerprint density at radius 2 is 1.65 bits per heavy atom. The maximum atomic E-state index is 12.3. The van der Waals surface area contributed by atoms with E-state index in [1.54, 1.807) is 12.1 Å². The second kappa shape index (κ2) is 5.70. The van der Waals surface area contributed by atoms with E-state index in [-0.39, 0.29) is 13.1 Å². The van der Waals surface area contributed by atoms with Crippen molar-refractivity contribution in [2.75, 3.05) is 13.1 Å². The second-order valence-corrected chi connectivity index (χ2v) is 4.68. The molecule has 20 heavy (non-hydrogen) atoms. The minimum atomic E-state index is -0.692. The molecule has 0 bridgehead atoms. The molecule has 0 fully saturated rings. The first kappa shape index (κ1) is 14.0. The number of nitrogens with zero attached hydrogens (tertiary/aromatic N) is 1. The van der Waals surface area contributed by atoms with Crippen LogP contribution in [-0.2, 0) is 22.7 Å². The molecule has 0 aliphatic carbocycles. The maximum absolute atomic E-state index is 12.3. The molecule has 0 saturated carbocycles. The lowest BCUT2D eigenvalue weighted by Gasteiger charge is -2.19. The van der Waals surface area contributed by atoms with Gasteiger partial charge < -0.3 is 21.7 Å². The monoisotopic (exact) mass is 276 g/mol. The van der Waals surface area contributed by atoms with Crippen LogP contribution in [0.2, 0.25) is 0 Å². The molecule has 106 valence electrons. The average molecular weight is 276 g/mol. The smallest absolute Gasteiger partial charge is 0.254 e. The average Bonchev–Trinajstić information content (AvgIpc) is 2.83. The van der Waals surface area contributed by atoms with Gasteiger partial charge in [0.25, 0.3) is 5.91 Å². The number of benzene rings is 1. The largest absolute Gasteiger partial charge is 0.368 e. The summed E-state index contributed by atoms with van der Waals surface area (Å²) < 4.78 is 0. The number of carbonyl (C=O) groups excluding carboxylic acids is 3. The fourth-order valence-corrected chi connectivity index (χ4v) is 2.19. The zero-order valence-corrected chi connectivity index (χ0v) is 10.9. The normalized spacial score (nSPS) is 12.8. The van der Waals surface area contributed by atoms with Crippen molar-refractivity contribution >= 4 is 17.7 Å². The lowest BCUT2D eigenvalue weighted by molar-refractivity contribution is -0.121. The van der Waals surface area contributed by atoms with E-state index in [0.717, 1.165) is 22.6 Å². The van der Waals surface area contributed by atoms with Crippen LogP contribution < -0.4 is 16.8 Å². The first-order valence-corrected chi connectivity index (χ1v) is 6.16. The fraction of sp³-hybridized carbons (Fsp3) is 0.308. The molecule has 1 heterocycles. The van der Waals surface area contributed by atoms with Crippen LogP contribution >= 0.6 is 0 Å². The maximum Gasteiger partial charge on any atom is 0.254 e. The number of fused-ring (bicyclic) bond motifs is 1. The number of nitrogens with one attached hydrogen (secondary N) is 1. The van der Waals surface area contributed by atoms with Gasteiger partial charge >= 0.3 is 0 Å². The molecular formula is C13H16N4O3. The summed E-state index contributed by atoms with van der Waals surface area (Å²) in [6, 6.07) is 5.28. The van der Waals surface area contributed by atoms with Crippen molar-refractivity contribution < 1.29 is 14.4 Å². The zero-order valence-electron chi connectivity index (χ0n) is 10.9. The van der Waals surface area contributed by atoms with Gasteiger partial charge in [0.15, 0.2) is 0 Å². The number of rotatable bonds is 5. The summed E-state index contributed by atoms with van der Waals surface area (Å²) >= 11 is 0. The zero-order chi connectivity index (χ0) is 14.7. The number of nitrogens with two attached hydrogens (primary N) is 2. The Morgan fingerprint density at radius 1 is 1.05 bits per heavy atom. The Morgan fingerprint density at radius 3 is 2.25 bits per heavy atom. The summed E-state index contributed by atoms with van der Waals surface area (Å²) in [4.78, 5) is 35.3. The van der Waals surface area contributed by atoms with E-state index >= 15 is 0 Å². The summed E-state index contributed by atoms with van der Waals surface area (Å²) in [6.45, 7) is 0.798. The summed E-state index contributed by atoms with van der Waals surface area (Å²) in [5.74, 6) is -1.82. The molecule has 0 atom stereocenters. The van der Waals surface area contributed by atoms with Crippen LogP contribution in [0.4, 0.5) is 0 Å². The van der Waals surface area contributed by atoms with E-state index in [9.17, 15) is 14.4 Å². The summed E-state index contributed by atoms with van der Waals surface area (Å²) in [5.41, 5.74) is 12.7. The molecule has 3 amide bonds. The summed E-state index contributed by atoms with van der Waals surface area (Å²) in [5, 5.41) is 3.17. The highest BCUT2D eigenvalue weighted by Crippen LogP contribution is 2.18. The molecule has 7 heteroatoms. The van der Waals surface area contributed by atoms with Crippen LogP contribution in [0.1, 0.15) is 21.5 Å². The van der Waals surface area contributed by atoms with Gasteiger partial charge in [0.1, 0.15) is 13.1 Å². The fourth-order valence-electron chi connectivity index (χ4n) is 2.19. The summed E-state index contributed by atoms with van der Waals surface area (Å²) in [7, 11) is 0. The van der Waals surface area contributed by atoms with Crippen LogP contribution in [0.15, 0.2) is 18.2 Å². The van der Waals surface area contributed by atoms with Gasteiger partial charge in [-0.05, 0) is 23.3 Å². The number of hydrogen-bond donors (Lipinski definition) is 3. The third-order valence-corrected chi connectivity index (χ3v) is 3.06. The molecule has 7 nitrogen and oxygen atoms in total. The van der Waals surface area contributed by atoms with Crippen LogP contribution in [-0.4, -0.2) is 35.7 Å². The van der Waals surface area contributed by atoms with Crippen LogP contribution in [0.5, 0.6) is 0 Å². The molecule has 0 aromatic heterocycles. The van der Waals surface area contributed by atoms with Crippen LogP contribution in [0, 0.1) is 0 Å². The van der Waals surface area contributed by atoms with E-state index < -0.39 is 17.7 Å². The van der Waals surface area contributed by atoms with E-state index in [1.165, 1.54) is 0 Å². The first-order valence-electron chi connectivity index (χ1n) is 6.16. The topological polar surface area (TPSA) is 119 Å². The van der Waals surface area contributed by atoms with Crippen LogP contribution in [0.25, 0.3) is 0 Å². The molecular weight excluding hydrogens is 260 g/mol. The first-order chi connectivity index (χ1) is 9.47. The molecule has 1 aliphatic rings. The molecule has 0 spiro atoms. The third kappa shape index (κ3) is 3.12. The number of amides is 3. The van der Waals surface area contributed by atoms with E-state index in [2.05, 4.69) is 5.32 Å². The molecule has 0 unspecified atom stereocenters. The third-order valence-electron chi connectivity index (χ3n) is 3.06. The Labute approximate surface area is 115 Å². The molecule has 1 aliphatic heterocycles. The van der Waals surface area contributed by atoms with Crippen LogP contribution in [0.3, 0.4) is 0 Å². The van der Waals surface area contributed by atoms with E-state index in [4.69, 9.17) is 11.5 Å². The van der Waals surface area contributed by atoms with Gasteiger partial charge in [-0.15, -0.1) is 0 Å². The van der Waals surface area contributed by atoms with Crippen molar-refractivity contribution in [3.8, 4) is 0 Å². The van der Waals surface area contributed by atoms with Crippen molar-refractivity contribution in [2.45, 2.75) is 13.1 Å². The number of primary amides is 2. The van der Waals surface area contributed by atoms with Crippen molar-refractivity contribution in [1.29, 1.82) is 0 Å². The minimum Gasteiger partial charge on any atom is -0.368 e. The Bertz CT molecular complexity index is 555. The van der Waals surface area contributed by atoms with E-state index in [0.29, 0.717) is 12.1 Å². The standard InChI is InChI=1S/C13H16N4O3/c14-11(18)6-17(7-12(15)19)13(20)8-1-2-9-4-16-5-10(9)3-8/h1-3,16H,4-7H2,(H2,14,18)(H2,15,19). The number of carbonyl (C=O) groups is 3. The summed E-state index contributed by atoms with van der Waals surface area (Å²) in [6.07, 6.45) is 0. The molecule has 5 N–H and O–H groups in total. The van der Waals surface area contributed by atoms with Crippen molar-refractivity contribution in [2.24, 2.45) is 11.5 Å². The van der Waals surface area contributed by atoms with Gasteiger partial charge in [0.2, 0.25) is 11.8 Å². The molecule has 0 saturated heterocycles. The number of hydrogen-bond acceptors (Lipinski definition) is 4. The molecule has 1 aromatic carbocycles. The molecule has 0 radical (unpaired) electrons. The van der Waals surface area contributed by atoms with Crippen molar-refractivity contribution in [3.05, 3.63) is 34.9 Å². The van der Waals surface area contributed by atoms with E-state index in [1.807, 2.05) is 6.07 Å². The predicted molar refractivity (Wildman–Crippen MR) is 71.3 cm³/mol. The predicted octanol–water partition coefficient (Wildman–Crippen LogP) is -1.30. The van der Waals surface area contributed by atoms with Gasteiger partial charge in [-0.25, -0.2) is 0 Å². The quantitative estimate of drug-likeness (QED) is 0.619. The Balaban J connectivity index is 2.22. The lowest BCUT2D eigenvalue weighted by Crippen LogP contribution is -2.43. The van der Waals surface area contributed by atoms with Gasteiger partial charge in [-0.1, -0.05) is 6.07 Å². The highest BCUT2D eigenvalue weighted by Gasteiger charge is 2.21. The minimum absolute atomic E-state index is 0.336. The Hall–Kier alpha value is -2.41.